The van der Waals surface area contributed by atoms with Crippen LogP contribution in [0, 0.1) is 0 Å². The zero-order valence-corrected chi connectivity index (χ0v) is 23.1. The van der Waals surface area contributed by atoms with Gasteiger partial charge in [0.05, 0.1) is 16.7 Å². The van der Waals surface area contributed by atoms with Crippen LogP contribution in [0.15, 0.2) is 102 Å². The molecule has 4 aromatic carbocycles. The highest BCUT2D eigenvalue weighted by molar-refractivity contribution is 8.00. The number of carbonyl (C=O) groups is 4. The summed E-state index contributed by atoms with van der Waals surface area (Å²) in [5.41, 5.74) is 2.21. The summed E-state index contributed by atoms with van der Waals surface area (Å²) in [6.45, 7) is 4.21. The number of hydrogen-bond acceptors (Lipinski definition) is 5. The van der Waals surface area contributed by atoms with E-state index in [-0.39, 0.29) is 17.0 Å². The van der Waals surface area contributed by atoms with Gasteiger partial charge in [-0.25, -0.2) is 9.59 Å². The largest absolute Gasteiger partial charge is 0.478 e. The average molecular weight is 569 g/mol. The van der Waals surface area contributed by atoms with Crippen LogP contribution in [0.2, 0.25) is 0 Å². The molecule has 0 bridgehead atoms. The Morgan fingerprint density at radius 3 is 2.00 bits per heavy atom. The van der Waals surface area contributed by atoms with Crippen molar-refractivity contribution >= 4 is 46.9 Å². The summed E-state index contributed by atoms with van der Waals surface area (Å²) in [6, 6.07) is 27.2. The first-order valence-corrected chi connectivity index (χ1v) is 13.6. The van der Waals surface area contributed by atoms with E-state index in [9.17, 15) is 24.3 Å². The number of carboxylic acids is 2. The topological polar surface area (TPSA) is 133 Å². The van der Waals surface area contributed by atoms with Crippen molar-refractivity contribution < 1.29 is 29.4 Å². The predicted molar refractivity (Wildman–Crippen MR) is 159 cm³/mol. The van der Waals surface area contributed by atoms with Crippen LogP contribution in [-0.4, -0.2) is 34.0 Å². The van der Waals surface area contributed by atoms with Crippen LogP contribution in [-0.2, 0) is 4.79 Å². The van der Waals surface area contributed by atoms with Gasteiger partial charge in [0.2, 0.25) is 5.91 Å². The zero-order valence-electron chi connectivity index (χ0n) is 22.3. The number of anilines is 2. The highest BCUT2D eigenvalue weighted by atomic mass is 32.2. The second-order valence-corrected chi connectivity index (χ2v) is 10.7. The van der Waals surface area contributed by atoms with E-state index in [1.165, 1.54) is 29.5 Å². The first-order chi connectivity index (χ1) is 19.6. The van der Waals surface area contributed by atoms with Gasteiger partial charge in [0.25, 0.3) is 5.91 Å². The number of thioether (sulfide) groups is 1. The molecule has 4 N–H and O–H groups in total. The Bertz CT molecular complexity index is 1590. The van der Waals surface area contributed by atoms with Crippen molar-refractivity contribution in [2.24, 2.45) is 0 Å². The Morgan fingerprint density at radius 2 is 1.37 bits per heavy atom. The standard InChI is InChI=1S/C32H28N2O6S/c1-19(2)20-11-14-23(15-12-20)33-30(36)28(21-7-4-3-5-8-21)41-25-10-6-9-24(18-25)34-29(35)26-16-13-22(31(37)38)17-27(26)32(39)40/h3-19,28H,1-2H3,(H,33,36)(H,34,35)(H,37,38)(H,39,40). The molecule has 2 amide bonds. The third-order valence-electron chi connectivity index (χ3n) is 6.27. The van der Waals surface area contributed by atoms with E-state index in [0.29, 0.717) is 22.2 Å². The van der Waals surface area contributed by atoms with Crippen LogP contribution >= 0.6 is 11.8 Å². The number of hydrogen-bond donors (Lipinski definition) is 4. The smallest absolute Gasteiger partial charge is 0.336 e. The van der Waals surface area contributed by atoms with E-state index in [0.717, 1.165) is 11.6 Å². The van der Waals surface area contributed by atoms with Gasteiger partial charge in [-0.2, -0.15) is 0 Å². The molecule has 0 radical (unpaired) electrons. The zero-order chi connectivity index (χ0) is 29.5. The Labute approximate surface area is 241 Å². The molecule has 0 heterocycles. The molecule has 0 spiro atoms. The summed E-state index contributed by atoms with van der Waals surface area (Å²) in [5.74, 6) is -3.26. The minimum Gasteiger partial charge on any atom is -0.478 e. The number of aromatic carboxylic acids is 2. The summed E-state index contributed by atoms with van der Waals surface area (Å²) in [6.07, 6.45) is 0. The molecule has 0 saturated heterocycles. The van der Waals surface area contributed by atoms with Gasteiger partial charge in [-0.1, -0.05) is 62.4 Å². The molecule has 41 heavy (non-hydrogen) atoms. The molecule has 0 aliphatic heterocycles. The molecule has 0 aliphatic rings. The Morgan fingerprint density at radius 1 is 0.659 bits per heavy atom. The van der Waals surface area contributed by atoms with Gasteiger partial charge in [-0.3, -0.25) is 9.59 Å². The maximum Gasteiger partial charge on any atom is 0.336 e. The summed E-state index contributed by atoms with van der Waals surface area (Å²) in [4.78, 5) is 50.0. The second-order valence-electron chi connectivity index (χ2n) is 9.53. The highest BCUT2D eigenvalue weighted by Gasteiger charge is 2.23. The summed E-state index contributed by atoms with van der Waals surface area (Å²) < 4.78 is 0. The lowest BCUT2D eigenvalue weighted by Gasteiger charge is -2.18. The summed E-state index contributed by atoms with van der Waals surface area (Å²) >= 11 is 1.30. The lowest BCUT2D eigenvalue weighted by atomic mass is 10.0. The van der Waals surface area contributed by atoms with Gasteiger partial charge in [-0.15, -0.1) is 11.8 Å². The van der Waals surface area contributed by atoms with Crippen molar-refractivity contribution in [2.45, 2.75) is 29.9 Å². The molecule has 0 aromatic heterocycles. The van der Waals surface area contributed by atoms with Crippen molar-refractivity contribution in [2.75, 3.05) is 10.6 Å². The second kappa shape index (κ2) is 13.0. The van der Waals surface area contributed by atoms with Gasteiger partial charge in [0, 0.05) is 16.3 Å². The molecule has 9 heteroatoms. The van der Waals surface area contributed by atoms with Gasteiger partial charge in [0.1, 0.15) is 5.25 Å². The molecule has 208 valence electrons. The van der Waals surface area contributed by atoms with Gasteiger partial charge in [0.15, 0.2) is 0 Å². The monoisotopic (exact) mass is 568 g/mol. The maximum absolute atomic E-state index is 13.5. The lowest BCUT2D eigenvalue weighted by molar-refractivity contribution is -0.115. The van der Waals surface area contributed by atoms with Crippen molar-refractivity contribution in [3.05, 3.63) is 125 Å². The number of carbonyl (C=O) groups excluding carboxylic acids is 2. The molecule has 4 aromatic rings. The minimum atomic E-state index is -1.42. The van der Waals surface area contributed by atoms with Crippen molar-refractivity contribution in [3.63, 3.8) is 0 Å². The number of benzene rings is 4. The molecule has 0 fully saturated rings. The highest BCUT2D eigenvalue weighted by Crippen LogP contribution is 2.37. The first kappa shape index (κ1) is 29.1. The Hall–Kier alpha value is -4.89. The minimum absolute atomic E-state index is 0.175. The average Bonchev–Trinajstić information content (AvgIpc) is 2.96. The molecular weight excluding hydrogens is 540 g/mol. The van der Waals surface area contributed by atoms with Crippen LogP contribution < -0.4 is 10.6 Å². The number of nitrogens with one attached hydrogen (secondary N) is 2. The Kier molecular flexibility index (Phi) is 9.21. The SMILES string of the molecule is CC(C)c1ccc(NC(=O)C(Sc2cccc(NC(=O)c3ccc(C(=O)O)cc3C(=O)O)c2)c2ccccc2)cc1. The quantitative estimate of drug-likeness (QED) is 0.152. The summed E-state index contributed by atoms with van der Waals surface area (Å²) in [7, 11) is 0. The predicted octanol–water partition coefficient (Wildman–Crippen LogP) is 6.93. The number of carboxylic acid groups (broad SMARTS) is 2. The van der Waals surface area contributed by atoms with Crippen LogP contribution in [0.5, 0.6) is 0 Å². The molecule has 1 atom stereocenters. The lowest BCUT2D eigenvalue weighted by Crippen LogP contribution is -2.19. The first-order valence-electron chi connectivity index (χ1n) is 12.8. The molecule has 1 unspecified atom stereocenters. The van der Waals surface area contributed by atoms with E-state index in [2.05, 4.69) is 24.5 Å². The van der Waals surface area contributed by atoms with Gasteiger partial charge >= 0.3 is 11.9 Å². The molecule has 0 saturated carbocycles. The molecule has 0 aliphatic carbocycles. The van der Waals surface area contributed by atoms with Crippen LogP contribution in [0.4, 0.5) is 11.4 Å². The number of amides is 2. The fourth-order valence-electron chi connectivity index (χ4n) is 4.09. The molecule has 8 nitrogen and oxygen atoms in total. The van der Waals surface area contributed by atoms with Crippen LogP contribution in [0.3, 0.4) is 0 Å². The number of rotatable bonds is 10. The van der Waals surface area contributed by atoms with E-state index < -0.39 is 28.7 Å². The van der Waals surface area contributed by atoms with Gasteiger partial charge < -0.3 is 20.8 Å². The van der Waals surface area contributed by atoms with Crippen LogP contribution in [0.25, 0.3) is 0 Å². The van der Waals surface area contributed by atoms with Crippen molar-refractivity contribution in [1.82, 2.24) is 0 Å². The normalized spacial score (nSPS) is 11.5. The fraction of sp³-hybridized carbons (Fsp3) is 0.125. The van der Waals surface area contributed by atoms with Gasteiger partial charge in [-0.05, 0) is 65.6 Å². The fourth-order valence-corrected chi connectivity index (χ4v) is 5.18. The van der Waals surface area contributed by atoms with E-state index in [1.807, 2.05) is 60.7 Å². The third kappa shape index (κ3) is 7.40. The third-order valence-corrected chi connectivity index (χ3v) is 7.52. The van der Waals surface area contributed by atoms with Crippen molar-refractivity contribution in [1.29, 1.82) is 0 Å². The van der Waals surface area contributed by atoms with Crippen LogP contribution in [0.1, 0.15) is 67.2 Å². The Balaban J connectivity index is 1.55. The van der Waals surface area contributed by atoms with E-state index in [4.69, 9.17) is 5.11 Å². The summed E-state index contributed by atoms with van der Waals surface area (Å²) in [5, 5.41) is 23.8. The molecule has 4 rings (SSSR count). The van der Waals surface area contributed by atoms with Crippen molar-refractivity contribution in [3.8, 4) is 0 Å². The van der Waals surface area contributed by atoms with E-state index >= 15 is 0 Å². The van der Waals surface area contributed by atoms with E-state index in [1.54, 1.807) is 18.2 Å². The molecular formula is C32H28N2O6S. The maximum atomic E-state index is 13.5.